The van der Waals surface area contributed by atoms with Crippen LogP contribution >= 0.6 is 0 Å². The monoisotopic (exact) mass is 442 g/mol. The minimum atomic E-state index is -0.310. The van der Waals surface area contributed by atoms with Crippen LogP contribution in [-0.2, 0) is 0 Å². The summed E-state index contributed by atoms with van der Waals surface area (Å²) in [5.41, 5.74) is 2.25. The number of hydrogen-bond donors (Lipinski definition) is 2. The molecular weight excluding hydrogens is 392 g/mol. The second-order valence-electron chi connectivity index (χ2n) is 14.9. The average Bonchev–Trinajstić information content (AvgIpc) is 3.03. The summed E-state index contributed by atoms with van der Waals surface area (Å²) in [6.45, 7) is 21.5. The first-order valence-electron chi connectivity index (χ1n) is 13.7. The highest BCUT2D eigenvalue weighted by Crippen LogP contribution is 2.77. The molecule has 5 fully saturated rings. The van der Waals surface area contributed by atoms with Crippen molar-refractivity contribution in [3.63, 3.8) is 0 Å². The third-order valence-electron chi connectivity index (χ3n) is 13.3. The molecule has 11 atom stereocenters. The van der Waals surface area contributed by atoms with Gasteiger partial charge in [-0.05, 0) is 121 Å². The predicted molar refractivity (Wildman–Crippen MR) is 132 cm³/mol. The van der Waals surface area contributed by atoms with Gasteiger partial charge >= 0.3 is 0 Å². The van der Waals surface area contributed by atoms with Crippen molar-refractivity contribution >= 4 is 0 Å². The molecule has 2 N–H and O–H groups in total. The van der Waals surface area contributed by atoms with Crippen LogP contribution in [0.3, 0.4) is 0 Å². The summed E-state index contributed by atoms with van der Waals surface area (Å²) >= 11 is 0. The fourth-order valence-corrected chi connectivity index (χ4v) is 11.7. The molecule has 2 nitrogen and oxygen atoms in total. The van der Waals surface area contributed by atoms with E-state index in [1.165, 1.54) is 44.1 Å². The van der Waals surface area contributed by atoms with Gasteiger partial charge in [0.1, 0.15) is 0 Å². The maximum Gasteiger partial charge on any atom is 0.0595 e. The first-order valence-corrected chi connectivity index (χ1v) is 13.7. The molecule has 0 aromatic heterocycles. The Morgan fingerprint density at radius 1 is 0.812 bits per heavy atom. The molecule has 0 radical (unpaired) electrons. The van der Waals surface area contributed by atoms with Crippen LogP contribution in [0.5, 0.6) is 0 Å². The molecule has 0 aromatic carbocycles. The van der Waals surface area contributed by atoms with Crippen molar-refractivity contribution in [3.8, 4) is 0 Å². The standard InChI is InChI=1S/C30H50O2/c1-18(2)19-11-13-27(5)15-16-29(7)20(24(19)27)9-10-22-28(6)14-12-23(32)26(3,4)25(28)21(31)17-30(22,29)8/h19-25,31-32H,1,9-17H2,2-8H3/t19-,20+,21-,22+,23-,24-,25-,27+,28+,29+,30+/m0/s1. The van der Waals surface area contributed by atoms with E-state index in [0.717, 1.165) is 31.1 Å². The maximum absolute atomic E-state index is 11.8. The molecule has 0 aliphatic heterocycles. The minimum absolute atomic E-state index is 0.118. The van der Waals surface area contributed by atoms with E-state index in [9.17, 15) is 10.2 Å². The molecule has 182 valence electrons. The third kappa shape index (κ3) is 2.66. The number of aliphatic hydroxyl groups excluding tert-OH is 2. The zero-order chi connectivity index (χ0) is 23.5. The van der Waals surface area contributed by atoms with Gasteiger partial charge in [-0.25, -0.2) is 0 Å². The number of aliphatic hydroxyl groups is 2. The van der Waals surface area contributed by atoms with E-state index >= 15 is 0 Å². The second-order valence-corrected chi connectivity index (χ2v) is 14.9. The Morgan fingerprint density at radius 2 is 1.50 bits per heavy atom. The lowest BCUT2D eigenvalue weighted by atomic mass is 9.32. The quantitative estimate of drug-likeness (QED) is 0.429. The Bertz CT molecular complexity index is 801. The van der Waals surface area contributed by atoms with Gasteiger partial charge in [0, 0.05) is 0 Å². The minimum Gasteiger partial charge on any atom is -0.393 e. The molecule has 0 bridgehead atoms. The molecule has 2 heteroatoms. The second kappa shape index (κ2) is 6.87. The van der Waals surface area contributed by atoms with E-state index in [4.69, 9.17) is 0 Å². The van der Waals surface area contributed by atoms with E-state index < -0.39 is 0 Å². The fraction of sp³-hybridized carbons (Fsp3) is 0.933. The third-order valence-corrected chi connectivity index (χ3v) is 13.3. The van der Waals surface area contributed by atoms with Gasteiger partial charge in [-0.1, -0.05) is 53.7 Å². The molecular formula is C30H50O2. The van der Waals surface area contributed by atoms with Crippen molar-refractivity contribution in [2.45, 2.75) is 118 Å². The molecule has 0 amide bonds. The van der Waals surface area contributed by atoms with Gasteiger partial charge in [-0.2, -0.15) is 0 Å². The molecule has 5 aliphatic rings. The number of rotatable bonds is 1. The molecule has 0 heterocycles. The summed E-state index contributed by atoms with van der Waals surface area (Å²) < 4.78 is 0. The van der Waals surface area contributed by atoms with Crippen molar-refractivity contribution in [1.82, 2.24) is 0 Å². The van der Waals surface area contributed by atoms with E-state index in [1.807, 2.05) is 0 Å². The zero-order valence-electron chi connectivity index (χ0n) is 22.0. The molecule has 0 saturated heterocycles. The van der Waals surface area contributed by atoms with Crippen molar-refractivity contribution in [2.75, 3.05) is 0 Å². The summed E-state index contributed by atoms with van der Waals surface area (Å²) in [4.78, 5) is 0. The van der Waals surface area contributed by atoms with Crippen molar-refractivity contribution in [1.29, 1.82) is 0 Å². The Kier molecular flexibility index (Phi) is 5.02. The van der Waals surface area contributed by atoms with Crippen molar-refractivity contribution in [3.05, 3.63) is 12.2 Å². The summed E-state index contributed by atoms with van der Waals surface area (Å²) in [5, 5.41) is 22.7. The Morgan fingerprint density at radius 3 is 2.16 bits per heavy atom. The van der Waals surface area contributed by atoms with Crippen LogP contribution in [0, 0.1) is 56.7 Å². The topological polar surface area (TPSA) is 40.5 Å². The number of fused-ring (bicyclic) bond motifs is 7. The SMILES string of the molecule is C=C(C)[C@@H]1CC[C@]2(C)CC[C@]3(C)[C@H](CC[C@@H]4[C@@]5(C)CC[C@H](O)C(C)(C)[C@@H]5[C@@H](O)C[C@]43C)[C@H]12. The number of allylic oxidation sites excluding steroid dienone is 1. The van der Waals surface area contributed by atoms with Crippen LogP contribution in [0.25, 0.3) is 0 Å². The fourth-order valence-electron chi connectivity index (χ4n) is 11.7. The predicted octanol–water partition coefficient (Wildman–Crippen LogP) is 7.00. The maximum atomic E-state index is 11.8. The smallest absolute Gasteiger partial charge is 0.0595 e. The molecule has 0 aromatic rings. The molecule has 0 unspecified atom stereocenters. The van der Waals surface area contributed by atoms with Crippen LogP contribution in [-0.4, -0.2) is 22.4 Å². The summed E-state index contributed by atoms with van der Waals surface area (Å²) in [7, 11) is 0. The first-order chi connectivity index (χ1) is 14.7. The van der Waals surface area contributed by atoms with Crippen molar-refractivity contribution in [2.24, 2.45) is 56.7 Å². The number of hydrogen-bond acceptors (Lipinski definition) is 2. The van der Waals surface area contributed by atoms with E-state index in [1.54, 1.807) is 0 Å². The van der Waals surface area contributed by atoms with Gasteiger partial charge in [-0.3, -0.25) is 0 Å². The van der Waals surface area contributed by atoms with Gasteiger partial charge in [0.05, 0.1) is 12.2 Å². The van der Waals surface area contributed by atoms with E-state index in [-0.39, 0.29) is 39.8 Å². The van der Waals surface area contributed by atoms with E-state index in [2.05, 4.69) is 55.0 Å². The van der Waals surface area contributed by atoms with Crippen LogP contribution in [0.2, 0.25) is 0 Å². The summed E-state index contributed by atoms with van der Waals surface area (Å²) in [6, 6.07) is 0. The normalized spacial score (nSPS) is 58.8. The van der Waals surface area contributed by atoms with E-state index in [0.29, 0.717) is 17.3 Å². The van der Waals surface area contributed by atoms with Gasteiger partial charge in [-0.15, -0.1) is 0 Å². The highest BCUT2D eigenvalue weighted by Gasteiger charge is 2.71. The van der Waals surface area contributed by atoms with Gasteiger partial charge in [0.25, 0.3) is 0 Å². The Labute approximate surface area is 197 Å². The largest absolute Gasteiger partial charge is 0.393 e. The molecule has 32 heavy (non-hydrogen) atoms. The highest BCUT2D eigenvalue weighted by atomic mass is 16.3. The molecule has 5 saturated carbocycles. The van der Waals surface area contributed by atoms with Gasteiger partial charge in [0.2, 0.25) is 0 Å². The lowest BCUT2D eigenvalue weighted by Gasteiger charge is -2.73. The first kappa shape index (κ1) is 23.4. The summed E-state index contributed by atoms with van der Waals surface area (Å²) in [6.07, 6.45) is 10.3. The van der Waals surface area contributed by atoms with Crippen LogP contribution in [0.15, 0.2) is 12.2 Å². The van der Waals surface area contributed by atoms with Crippen LogP contribution in [0.1, 0.15) is 106 Å². The van der Waals surface area contributed by atoms with Gasteiger partial charge in [0.15, 0.2) is 0 Å². The lowest BCUT2D eigenvalue weighted by molar-refractivity contribution is -0.274. The average molecular weight is 443 g/mol. The Balaban J connectivity index is 1.58. The Hall–Kier alpha value is -0.340. The summed E-state index contributed by atoms with van der Waals surface area (Å²) in [5.74, 6) is 3.04. The van der Waals surface area contributed by atoms with Crippen LogP contribution in [0.4, 0.5) is 0 Å². The highest BCUT2D eigenvalue weighted by molar-refractivity contribution is 5.22. The molecule has 5 rings (SSSR count). The van der Waals surface area contributed by atoms with Crippen LogP contribution < -0.4 is 0 Å². The lowest BCUT2D eigenvalue weighted by Crippen LogP contribution is -2.69. The van der Waals surface area contributed by atoms with Gasteiger partial charge < -0.3 is 10.2 Å². The molecule has 5 aliphatic carbocycles. The molecule has 0 spiro atoms. The van der Waals surface area contributed by atoms with Crippen molar-refractivity contribution < 1.29 is 10.2 Å². The zero-order valence-corrected chi connectivity index (χ0v) is 22.0.